The monoisotopic (exact) mass is 446 g/mol. The number of carbonyl (C=O) groups excluding carboxylic acids is 2. The van der Waals surface area contributed by atoms with Gasteiger partial charge in [-0.1, -0.05) is 60.7 Å². The minimum Gasteiger partial charge on any atom is -0.480 e. The first kappa shape index (κ1) is 22.0. The topological polar surface area (TPSA) is 125 Å². The van der Waals surface area contributed by atoms with E-state index >= 15 is 0 Å². The predicted molar refractivity (Wildman–Crippen MR) is 121 cm³/mol. The van der Waals surface area contributed by atoms with Gasteiger partial charge in [-0.25, -0.2) is 9.59 Å². The molecule has 3 aromatic rings. The van der Waals surface area contributed by atoms with E-state index in [1.54, 1.807) is 12.1 Å². The second kappa shape index (κ2) is 9.54. The predicted octanol–water partition coefficient (Wildman–Crippen LogP) is 3.22. The Labute approximate surface area is 189 Å². The molecule has 8 nitrogen and oxygen atoms in total. The van der Waals surface area contributed by atoms with Gasteiger partial charge in [-0.15, -0.1) is 0 Å². The van der Waals surface area contributed by atoms with E-state index in [0.717, 1.165) is 22.3 Å². The van der Waals surface area contributed by atoms with Gasteiger partial charge in [0.1, 0.15) is 6.61 Å². The Morgan fingerprint density at radius 3 is 2.06 bits per heavy atom. The highest BCUT2D eigenvalue weighted by Crippen LogP contribution is 2.44. The van der Waals surface area contributed by atoms with E-state index in [1.807, 2.05) is 48.5 Å². The molecule has 2 amide bonds. The average Bonchev–Trinajstić information content (AvgIpc) is 3.15. The zero-order chi connectivity index (χ0) is 23.4. The molecule has 1 atom stereocenters. The summed E-state index contributed by atoms with van der Waals surface area (Å²) in [6.45, 7) is -0.650. The van der Waals surface area contributed by atoms with Gasteiger partial charge in [-0.2, -0.15) is 0 Å². The fourth-order valence-corrected chi connectivity index (χ4v) is 3.96. The number of anilines is 1. The summed E-state index contributed by atoms with van der Waals surface area (Å²) in [5, 5.41) is 22.9. The van der Waals surface area contributed by atoms with Crippen molar-refractivity contribution in [2.75, 3.05) is 18.5 Å². The number of rotatable bonds is 7. The number of carboxylic acid groups (broad SMARTS) is 1. The average molecular weight is 446 g/mol. The van der Waals surface area contributed by atoms with Gasteiger partial charge in [0.25, 0.3) is 5.91 Å². The van der Waals surface area contributed by atoms with E-state index in [-0.39, 0.29) is 23.8 Å². The fourth-order valence-electron chi connectivity index (χ4n) is 3.96. The third-order valence-corrected chi connectivity index (χ3v) is 5.54. The summed E-state index contributed by atoms with van der Waals surface area (Å²) >= 11 is 0. The number of carboxylic acids is 1. The summed E-state index contributed by atoms with van der Waals surface area (Å²) < 4.78 is 5.50. The number of ether oxygens (including phenoxy) is 1. The highest BCUT2D eigenvalue weighted by atomic mass is 16.5. The minimum atomic E-state index is -1.46. The van der Waals surface area contributed by atoms with Gasteiger partial charge in [-0.05, 0) is 34.4 Å². The van der Waals surface area contributed by atoms with Crippen LogP contribution in [-0.4, -0.2) is 47.4 Å². The zero-order valence-electron chi connectivity index (χ0n) is 17.5. The number of aliphatic hydroxyl groups is 1. The van der Waals surface area contributed by atoms with E-state index < -0.39 is 30.6 Å². The quantitative estimate of drug-likeness (QED) is 0.442. The van der Waals surface area contributed by atoms with Gasteiger partial charge in [0.2, 0.25) is 0 Å². The van der Waals surface area contributed by atoms with Crippen LogP contribution in [0.1, 0.15) is 27.4 Å². The maximum atomic E-state index is 12.6. The molecule has 0 heterocycles. The Kier molecular flexibility index (Phi) is 6.37. The van der Waals surface area contributed by atoms with Crippen molar-refractivity contribution in [2.24, 2.45) is 0 Å². The summed E-state index contributed by atoms with van der Waals surface area (Å²) in [7, 11) is 0. The van der Waals surface area contributed by atoms with Crippen molar-refractivity contribution in [3.8, 4) is 11.1 Å². The van der Waals surface area contributed by atoms with Gasteiger partial charge in [-0.3, -0.25) is 10.1 Å². The van der Waals surface area contributed by atoms with Crippen molar-refractivity contribution < 1.29 is 29.3 Å². The second-order valence-corrected chi connectivity index (χ2v) is 7.54. The summed E-state index contributed by atoms with van der Waals surface area (Å²) in [4.78, 5) is 36.1. The maximum Gasteiger partial charge on any atom is 0.411 e. The molecule has 3 aromatic carbocycles. The molecule has 0 radical (unpaired) electrons. The summed E-state index contributed by atoms with van der Waals surface area (Å²) in [5.74, 6) is -2.22. The number of aliphatic carboxylic acids is 1. The van der Waals surface area contributed by atoms with Crippen molar-refractivity contribution in [1.82, 2.24) is 5.32 Å². The molecule has 0 spiro atoms. The Balaban J connectivity index is 1.46. The van der Waals surface area contributed by atoms with E-state index in [1.165, 1.54) is 12.1 Å². The molecule has 0 bridgehead atoms. The number of carbonyl (C=O) groups is 3. The number of fused-ring (bicyclic) bond motifs is 3. The van der Waals surface area contributed by atoms with E-state index in [9.17, 15) is 14.4 Å². The molecular formula is C25H22N2O6. The smallest absolute Gasteiger partial charge is 0.411 e. The first-order valence-electron chi connectivity index (χ1n) is 10.3. The molecule has 4 N–H and O–H groups in total. The third kappa shape index (κ3) is 4.56. The van der Waals surface area contributed by atoms with Crippen molar-refractivity contribution in [1.29, 1.82) is 0 Å². The first-order chi connectivity index (χ1) is 16.0. The number of benzene rings is 3. The number of nitrogens with one attached hydrogen (secondary N) is 2. The summed E-state index contributed by atoms with van der Waals surface area (Å²) in [6.07, 6.45) is -0.742. The van der Waals surface area contributed by atoms with Crippen molar-refractivity contribution >= 4 is 23.7 Å². The van der Waals surface area contributed by atoms with Crippen LogP contribution in [0.2, 0.25) is 0 Å². The molecule has 0 aliphatic heterocycles. The largest absolute Gasteiger partial charge is 0.480 e. The van der Waals surface area contributed by atoms with Crippen LogP contribution in [-0.2, 0) is 9.53 Å². The molecule has 0 saturated heterocycles. The van der Waals surface area contributed by atoms with E-state index in [4.69, 9.17) is 14.9 Å². The van der Waals surface area contributed by atoms with Gasteiger partial charge >= 0.3 is 12.1 Å². The number of para-hydroxylation sites is 1. The second-order valence-electron chi connectivity index (χ2n) is 7.54. The maximum absolute atomic E-state index is 12.6. The minimum absolute atomic E-state index is 0.0470. The normalized spacial score (nSPS) is 12.9. The Morgan fingerprint density at radius 2 is 1.45 bits per heavy atom. The number of aliphatic hydroxyl groups excluding tert-OH is 1. The number of amides is 2. The summed E-state index contributed by atoms with van der Waals surface area (Å²) in [5.41, 5.74) is 4.59. The standard InChI is InChI=1S/C25H22N2O6/c28-13-22(24(30)31)26-23(29)19-11-5-6-12-21(19)27-25(32)33-14-20-17-9-3-1-7-15(17)16-8-2-4-10-18(16)20/h1-12,20,22,28H,13-14H2,(H,26,29)(H,27,32)(H,30,31). The molecule has 0 fully saturated rings. The van der Waals surface area contributed by atoms with Crippen molar-refractivity contribution in [3.05, 3.63) is 89.5 Å². The third-order valence-electron chi connectivity index (χ3n) is 5.54. The molecule has 33 heavy (non-hydrogen) atoms. The zero-order valence-corrected chi connectivity index (χ0v) is 17.5. The number of hydrogen-bond donors (Lipinski definition) is 4. The van der Waals surface area contributed by atoms with E-state index in [0.29, 0.717) is 0 Å². The highest BCUT2D eigenvalue weighted by molar-refractivity contribution is 6.03. The van der Waals surface area contributed by atoms with E-state index in [2.05, 4.69) is 10.6 Å². The van der Waals surface area contributed by atoms with Crippen molar-refractivity contribution in [2.45, 2.75) is 12.0 Å². The molecule has 168 valence electrons. The molecule has 0 aromatic heterocycles. The Morgan fingerprint density at radius 1 is 0.879 bits per heavy atom. The van der Waals surface area contributed by atoms with Crippen LogP contribution < -0.4 is 10.6 Å². The van der Waals surface area contributed by atoms with Crippen LogP contribution in [0.5, 0.6) is 0 Å². The Bertz CT molecular complexity index is 1160. The van der Waals surface area contributed by atoms with Crippen LogP contribution in [0, 0.1) is 0 Å². The highest BCUT2D eigenvalue weighted by Gasteiger charge is 2.29. The van der Waals surface area contributed by atoms with Gasteiger partial charge in [0.15, 0.2) is 6.04 Å². The SMILES string of the molecule is O=C(Nc1ccccc1C(=O)NC(CO)C(=O)O)OCC1c2ccccc2-c2ccccc21. The lowest BCUT2D eigenvalue weighted by Crippen LogP contribution is -2.43. The molecule has 4 rings (SSSR count). The Hall–Kier alpha value is -4.17. The number of hydrogen-bond acceptors (Lipinski definition) is 5. The lowest BCUT2D eigenvalue weighted by atomic mass is 9.98. The van der Waals surface area contributed by atoms with Crippen LogP contribution >= 0.6 is 0 Å². The lowest BCUT2D eigenvalue weighted by Gasteiger charge is -2.16. The van der Waals surface area contributed by atoms with Crippen LogP contribution in [0.4, 0.5) is 10.5 Å². The lowest BCUT2D eigenvalue weighted by molar-refractivity contribution is -0.140. The molecule has 8 heteroatoms. The van der Waals surface area contributed by atoms with Gasteiger partial charge in [0.05, 0.1) is 17.9 Å². The molecule has 1 aliphatic carbocycles. The van der Waals surface area contributed by atoms with Gasteiger partial charge < -0.3 is 20.3 Å². The van der Waals surface area contributed by atoms with Crippen LogP contribution in [0.25, 0.3) is 11.1 Å². The molecular weight excluding hydrogens is 424 g/mol. The summed E-state index contributed by atoms with van der Waals surface area (Å²) in [6, 6.07) is 20.6. The van der Waals surface area contributed by atoms with Crippen molar-refractivity contribution in [3.63, 3.8) is 0 Å². The molecule has 1 unspecified atom stereocenters. The molecule has 1 aliphatic rings. The fraction of sp³-hybridized carbons (Fsp3) is 0.160. The first-order valence-corrected chi connectivity index (χ1v) is 10.3. The van der Waals surface area contributed by atoms with Crippen LogP contribution in [0.15, 0.2) is 72.8 Å². The van der Waals surface area contributed by atoms with Gasteiger partial charge in [0, 0.05) is 5.92 Å². The van der Waals surface area contributed by atoms with Crippen LogP contribution in [0.3, 0.4) is 0 Å². The molecule has 0 saturated carbocycles.